The molecule has 0 fully saturated rings. The highest BCUT2D eigenvalue weighted by molar-refractivity contribution is 5.79. The number of allylic oxidation sites excluding steroid dienone is 7. The number of hydrogen-bond donors (Lipinski definition) is 4. The third-order valence-corrected chi connectivity index (χ3v) is 9.67. The second-order valence-electron chi connectivity index (χ2n) is 13.7. The molecule has 6 aromatic carbocycles. The number of nitrogens with one attached hydrogen (secondary N) is 1. The number of nitrogens with two attached hydrogens (primary N) is 3. The molecule has 2 unspecified atom stereocenters. The molecule has 6 aromatic rings. The molecule has 4 heteroatoms. The van der Waals surface area contributed by atoms with Gasteiger partial charge in [0.05, 0.1) is 11.4 Å². The molecule has 58 heavy (non-hydrogen) atoms. The quantitative estimate of drug-likeness (QED) is 0.0738. The third kappa shape index (κ3) is 13.0. The summed E-state index contributed by atoms with van der Waals surface area (Å²) in [5.41, 5.74) is 30.3. The van der Waals surface area contributed by atoms with Gasteiger partial charge in [-0.05, 0) is 63.4 Å². The van der Waals surface area contributed by atoms with Gasteiger partial charge in [-0.15, -0.1) is 0 Å². The van der Waals surface area contributed by atoms with Crippen molar-refractivity contribution in [2.75, 3.05) is 0 Å². The van der Waals surface area contributed by atoms with E-state index in [1.54, 1.807) is 6.08 Å². The molecule has 7 N–H and O–H groups in total. The molecule has 0 heterocycles. The van der Waals surface area contributed by atoms with E-state index in [2.05, 4.69) is 142 Å². The summed E-state index contributed by atoms with van der Waals surface area (Å²) in [6.45, 7) is 14.1. The summed E-state index contributed by atoms with van der Waals surface area (Å²) in [5, 5.41) is 7.09. The van der Waals surface area contributed by atoms with Crippen molar-refractivity contribution in [3.63, 3.8) is 0 Å². The lowest BCUT2D eigenvalue weighted by Crippen LogP contribution is -2.10. The summed E-state index contributed by atoms with van der Waals surface area (Å²) >= 11 is 0. The highest BCUT2D eigenvalue weighted by atomic mass is 14.7. The van der Waals surface area contributed by atoms with Crippen molar-refractivity contribution < 1.29 is 0 Å². The molecule has 4 nitrogen and oxygen atoms in total. The Hall–Kier alpha value is -7.17. The molecule has 0 aliphatic heterocycles. The van der Waals surface area contributed by atoms with Crippen molar-refractivity contribution in [3.05, 3.63) is 258 Å². The molecule has 0 aromatic heterocycles. The highest BCUT2D eigenvalue weighted by Crippen LogP contribution is 2.26. The Morgan fingerprint density at radius 1 is 0.603 bits per heavy atom. The molecule has 0 amide bonds. The van der Waals surface area contributed by atoms with Crippen LogP contribution in [-0.2, 0) is 0 Å². The van der Waals surface area contributed by atoms with Crippen molar-refractivity contribution in [1.82, 2.24) is 0 Å². The topological polar surface area (TPSA) is 102 Å². The Morgan fingerprint density at radius 3 is 1.64 bits per heavy atom. The largest absolute Gasteiger partial charge is 0.399 e. The highest BCUT2D eigenvalue weighted by Gasteiger charge is 2.09. The monoisotopic (exact) mass is 760 g/mol. The molecule has 0 saturated heterocycles. The first-order valence-electron chi connectivity index (χ1n) is 19.5. The number of rotatable bonds is 12. The van der Waals surface area contributed by atoms with Crippen molar-refractivity contribution in [2.24, 2.45) is 17.2 Å². The van der Waals surface area contributed by atoms with Gasteiger partial charge in [-0.3, -0.25) is 0 Å². The van der Waals surface area contributed by atoms with E-state index in [0.29, 0.717) is 28.9 Å². The maximum atomic E-state index is 7.09. The van der Waals surface area contributed by atoms with Crippen LogP contribution >= 0.6 is 0 Å². The average Bonchev–Trinajstić information content (AvgIpc) is 3.28. The first kappa shape index (κ1) is 43.6. The van der Waals surface area contributed by atoms with E-state index >= 15 is 0 Å². The third-order valence-electron chi connectivity index (χ3n) is 9.67. The van der Waals surface area contributed by atoms with Crippen LogP contribution in [0.3, 0.4) is 0 Å². The molecule has 2 atom stereocenters. The van der Waals surface area contributed by atoms with Crippen molar-refractivity contribution in [1.29, 1.82) is 5.41 Å². The molecule has 0 saturated carbocycles. The molecular formula is C54H56N4. The summed E-state index contributed by atoms with van der Waals surface area (Å²) < 4.78 is 0. The van der Waals surface area contributed by atoms with Gasteiger partial charge >= 0.3 is 0 Å². The second kappa shape index (κ2) is 23.0. The summed E-state index contributed by atoms with van der Waals surface area (Å²) in [6.07, 6.45) is 13.4. The lowest BCUT2D eigenvalue weighted by molar-refractivity contribution is 0.922. The van der Waals surface area contributed by atoms with Gasteiger partial charge in [-0.2, -0.15) is 0 Å². The number of benzene rings is 6. The summed E-state index contributed by atoms with van der Waals surface area (Å²) in [6, 6.07) is 55.7. The van der Waals surface area contributed by atoms with Crippen LogP contribution in [0.4, 0.5) is 0 Å². The van der Waals surface area contributed by atoms with E-state index in [-0.39, 0.29) is 0 Å². The van der Waals surface area contributed by atoms with E-state index in [9.17, 15) is 0 Å². The Bertz CT molecular complexity index is 2310. The van der Waals surface area contributed by atoms with Crippen LogP contribution in [-0.4, -0.2) is 6.21 Å². The van der Waals surface area contributed by atoms with Crippen LogP contribution < -0.4 is 17.2 Å². The average molecular weight is 761 g/mol. The minimum absolute atomic E-state index is 0.387. The van der Waals surface area contributed by atoms with Gasteiger partial charge in [-0.25, -0.2) is 0 Å². The standard InChI is InChI=1S/C28H28.C13H17N3.C13H11N/c1-4-24(17-11-12-22(2)25-13-7-5-8-14-25)28-20-18-27(19-21-28)23(3)26-15-9-6-10-16-26;1-3-6-12(15)13(16)11-8-5-4-7-10(11)9(2)14;14-10-11-6-8-13(9-7-11)12-4-2-1-3-5-12/h4-23H,1H2,2-3H3;3-8H,2,14-16H2,1H3;1-10,14H/b12-11-,24-17+;6-3-,13-12+;. The summed E-state index contributed by atoms with van der Waals surface area (Å²) in [7, 11) is 0. The first-order chi connectivity index (χ1) is 28.2. The molecule has 6 rings (SSSR count). The Kier molecular flexibility index (Phi) is 17.3. The van der Waals surface area contributed by atoms with Crippen LogP contribution in [0.1, 0.15) is 71.6 Å². The van der Waals surface area contributed by atoms with Gasteiger partial charge in [0, 0.05) is 29.0 Å². The molecule has 0 bridgehead atoms. The predicted octanol–water partition coefficient (Wildman–Crippen LogP) is 12.9. The second-order valence-corrected chi connectivity index (χ2v) is 13.7. The molecule has 292 valence electrons. The number of hydrogen-bond acceptors (Lipinski definition) is 4. The Labute approximate surface area is 346 Å². The zero-order chi connectivity index (χ0) is 41.7. The fourth-order valence-electron chi connectivity index (χ4n) is 6.20. The van der Waals surface area contributed by atoms with Crippen LogP contribution in [0.5, 0.6) is 0 Å². The molecule has 0 aliphatic carbocycles. The summed E-state index contributed by atoms with van der Waals surface area (Å²) in [5.74, 6) is 0.774. The zero-order valence-corrected chi connectivity index (χ0v) is 33.9. The Morgan fingerprint density at radius 2 is 1.10 bits per heavy atom. The fraction of sp³-hybridized carbons (Fsp3) is 0.0926. The fourth-order valence-corrected chi connectivity index (χ4v) is 6.20. The molecular weight excluding hydrogens is 705 g/mol. The maximum absolute atomic E-state index is 7.09. The van der Waals surface area contributed by atoms with Crippen molar-refractivity contribution in [2.45, 2.75) is 32.6 Å². The van der Waals surface area contributed by atoms with Crippen LogP contribution in [0.25, 0.3) is 28.1 Å². The Balaban J connectivity index is 0.000000210. The minimum atomic E-state index is 0.387. The molecule has 0 radical (unpaired) electrons. The normalized spacial score (nSPS) is 12.6. The SMILES string of the molecule is C=C(N)c1ccccc1/C(N)=C(N)/C=C\C.C=C/C(=C\C=C/C(C)c1ccccc1)c1ccc(C(C)c2ccccc2)cc1.N=Cc1ccc(-c2ccccc2)cc1. The molecule has 0 aliphatic rings. The van der Waals surface area contributed by atoms with Crippen LogP contribution in [0.2, 0.25) is 0 Å². The lowest BCUT2D eigenvalue weighted by atomic mass is 9.91. The van der Waals surface area contributed by atoms with E-state index in [1.165, 1.54) is 39.6 Å². The predicted molar refractivity (Wildman–Crippen MR) is 252 cm³/mol. The smallest absolute Gasteiger partial charge is 0.0628 e. The minimum Gasteiger partial charge on any atom is -0.399 e. The first-order valence-corrected chi connectivity index (χ1v) is 19.5. The maximum Gasteiger partial charge on any atom is 0.0628 e. The van der Waals surface area contributed by atoms with Gasteiger partial charge < -0.3 is 22.6 Å². The van der Waals surface area contributed by atoms with E-state index in [1.807, 2.05) is 85.8 Å². The van der Waals surface area contributed by atoms with Gasteiger partial charge in [0.1, 0.15) is 0 Å². The van der Waals surface area contributed by atoms with Crippen LogP contribution in [0.15, 0.2) is 219 Å². The van der Waals surface area contributed by atoms with Crippen LogP contribution in [0, 0.1) is 5.41 Å². The molecule has 0 spiro atoms. The van der Waals surface area contributed by atoms with Gasteiger partial charge in [0.25, 0.3) is 0 Å². The van der Waals surface area contributed by atoms with Crippen molar-refractivity contribution >= 4 is 23.2 Å². The van der Waals surface area contributed by atoms with Gasteiger partial charge in [0.15, 0.2) is 0 Å². The van der Waals surface area contributed by atoms with E-state index < -0.39 is 0 Å². The van der Waals surface area contributed by atoms with E-state index in [4.69, 9.17) is 22.6 Å². The van der Waals surface area contributed by atoms with Gasteiger partial charge in [-0.1, -0.05) is 221 Å². The zero-order valence-electron chi connectivity index (χ0n) is 33.9. The van der Waals surface area contributed by atoms with Gasteiger partial charge in [0.2, 0.25) is 0 Å². The van der Waals surface area contributed by atoms with Crippen molar-refractivity contribution in [3.8, 4) is 11.1 Å². The summed E-state index contributed by atoms with van der Waals surface area (Å²) in [4.78, 5) is 0. The van der Waals surface area contributed by atoms with E-state index in [0.717, 1.165) is 22.3 Å². The lowest BCUT2D eigenvalue weighted by Gasteiger charge is -2.13.